The molecule has 88 valence electrons. The second kappa shape index (κ2) is 6.19. The van der Waals surface area contributed by atoms with E-state index in [-0.39, 0.29) is 13.0 Å². The van der Waals surface area contributed by atoms with E-state index in [0.717, 1.165) is 11.3 Å². The number of aliphatic hydroxyl groups excluding tert-OH is 1. The molecule has 0 aliphatic heterocycles. The van der Waals surface area contributed by atoms with Gasteiger partial charge in [0.1, 0.15) is 0 Å². The lowest BCUT2D eigenvalue weighted by Crippen LogP contribution is -2.28. The van der Waals surface area contributed by atoms with Gasteiger partial charge >= 0.3 is 5.97 Å². The zero-order chi connectivity index (χ0) is 12.0. The van der Waals surface area contributed by atoms with Gasteiger partial charge in [-0.3, -0.25) is 9.78 Å². The van der Waals surface area contributed by atoms with Crippen LogP contribution in [0.4, 0.5) is 0 Å². The number of pyridine rings is 1. The van der Waals surface area contributed by atoms with Gasteiger partial charge in [0, 0.05) is 19.3 Å². The number of carboxylic acid groups (broad SMARTS) is 1. The Kier molecular flexibility index (Phi) is 4.88. The minimum Gasteiger partial charge on any atom is -0.481 e. The van der Waals surface area contributed by atoms with Crippen molar-refractivity contribution in [2.75, 3.05) is 6.54 Å². The Balaban J connectivity index is 2.30. The molecule has 0 bridgehead atoms. The first kappa shape index (κ1) is 12.6. The van der Waals surface area contributed by atoms with Gasteiger partial charge in [-0.1, -0.05) is 6.07 Å². The maximum atomic E-state index is 10.3. The van der Waals surface area contributed by atoms with Crippen LogP contribution in [0.2, 0.25) is 0 Å². The molecule has 0 aliphatic carbocycles. The average molecular weight is 224 g/mol. The van der Waals surface area contributed by atoms with Crippen molar-refractivity contribution in [2.45, 2.75) is 26.0 Å². The van der Waals surface area contributed by atoms with Gasteiger partial charge in [0.15, 0.2) is 0 Å². The van der Waals surface area contributed by atoms with Crippen LogP contribution in [0.3, 0.4) is 0 Å². The molecule has 0 radical (unpaired) electrons. The highest BCUT2D eigenvalue weighted by Gasteiger charge is 2.08. The number of nitrogens with zero attached hydrogens (tertiary/aromatic N) is 1. The lowest BCUT2D eigenvalue weighted by Gasteiger charge is -2.10. The highest BCUT2D eigenvalue weighted by Crippen LogP contribution is 2.02. The predicted octanol–water partition coefficient (Wildman–Crippen LogP) is 0.315. The Bertz CT molecular complexity index is 355. The quantitative estimate of drug-likeness (QED) is 0.648. The molecule has 3 N–H and O–H groups in total. The molecule has 1 atom stereocenters. The lowest BCUT2D eigenvalue weighted by atomic mass is 10.2. The first-order valence-electron chi connectivity index (χ1n) is 5.10. The topological polar surface area (TPSA) is 82.5 Å². The molecule has 1 aromatic rings. The van der Waals surface area contributed by atoms with E-state index >= 15 is 0 Å². The molecule has 0 saturated carbocycles. The van der Waals surface area contributed by atoms with Gasteiger partial charge in [-0.2, -0.15) is 0 Å². The maximum Gasteiger partial charge on any atom is 0.306 e. The largest absolute Gasteiger partial charge is 0.481 e. The standard InChI is InChI=1S/C11H16N2O3/c1-8-3-2-4-13-10(8)7-12-6-9(14)5-11(15)16/h2-4,9,12,14H,5-7H2,1H3,(H,15,16). The average Bonchev–Trinajstić information content (AvgIpc) is 2.19. The molecule has 0 aliphatic rings. The zero-order valence-corrected chi connectivity index (χ0v) is 9.18. The Morgan fingerprint density at radius 1 is 1.62 bits per heavy atom. The summed E-state index contributed by atoms with van der Waals surface area (Å²) in [5, 5.41) is 20.7. The molecule has 1 rings (SSSR count). The number of aliphatic hydroxyl groups is 1. The van der Waals surface area contributed by atoms with Gasteiger partial charge < -0.3 is 15.5 Å². The molecular weight excluding hydrogens is 208 g/mol. The van der Waals surface area contributed by atoms with Gasteiger partial charge in [0.2, 0.25) is 0 Å². The number of hydrogen-bond acceptors (Lipinski definition) is 4. The molecule has 5 nitrogen and oxygen atoms in total. The molecule has 1 aromatic heterocycles. The highest BCUT2D eigenvalue weighted by molar-refractivity contribution is 5.67. The molecule has 0 spiro atoms. The van der Waals surface area contributed by atoms with Crippen molar-refractivity contribution in [2.24, 2.45) is 0 Å². The van der Waals surface area contributed by atoms with Crippen molar-refractivity contribution in [1.82, 2.24) is 10.3 Å². The van der Waals surface area contributed by atoms with E-state index in [2.05, 4.69) is 10.3 Å². The molecule has 0 aromatic carbocycles. The molecule has 1 heterocycles. The molecule has 5 heteroatoms. The normalized spacial score (nSPS) is 12.4. The fourth-order valence-corrected chi connectivity index (χ4v) is 1.33. The van der Waals surface area contributed by atoms with Gasteiger partial charge in [0.05, 0.1) is 18.2 Å². The number of carboxylic acids is 1. The lowest BCUT2D eigenvalue weighted by molar-refractivity contribution is -0.139. The summed E-state index contributed by atoms with van der Waals surface area (Å²) in [7, 11) is 0. The van der Waals surface area contributed by atoms with Crippen molar-refractivity contribution in [3.63, 3.8) is 0 Å². The number of hydrogen-bond donors (Lipinski definition) is 3. The van der Waals surface area contributed by atoms with Crippen LogP contribution < -0.4 is 5.32 Å². The minimum absolute atomic E-state index is 0.242. The zero-order valence-electron chi connectivity index (χ0n) is 9.18. The summed E-state index contributed by atoms with van der Waals surface area (Å²) in [5.74, 6) is -0.997. The van der Waals surface area contributed by atoms with E-state index in [0.29, 0.717) is 6.54 Å². The van der Waals surface area contributed by atoms with Crippen LogP contribution in [0.1, 0.15) is 17.7 Å². The predicted molar refractivity (Wildman–Crippen MR) is 58.9 cm³/mol. The van der Waals surface area contributed by atoms with Gasteiger partial charge in [-0.25, -0.2) is 0 Å². The first-order valence-corrected chi connectivity index (χ1v) is 5.10. The Hall–Kier alpha value is -1.46. The van der Waals surface area contributed by atoms with Crippen LogP contribution in [0.25, 0.3) is 0 Å². The Morgan fingerprint density at radius 3 is 3.00 bits per heavy atom. The summed E-state index contributed by atoms with van der Waals surface area (Å²) in [6, 6.07) is 3.82. The SMILES string of the molecule is Cc1cccnc1CNCC(O)CC(=O)O. The van der Waals surface area contributed by atoms with Gasteiger partial charge in [0.25, 0.3) is 0 Å². The summed E-state index contributed by atoms with van der Waals surface area (Å²) in [6.45, 7) is 2.74. The van der Waals surface area contributed by atoms with Crippen molar-refractivity contribution in [3.05, 3.63) is 29.6 Å². The van der Waals surface area contributed by atoms with Crippen molar-refractivity contribution in [1.29, 1.82) is 0 Å². The van der Waals surface area contributed by atoms with Crippen LogP contribution >= 0.6 is 0 Å². The van der Waals surface area contributed by atoms with Gasteiger partial charge in [-0.05, 0) is 18.6 Å². The smallest absolute Gasteiger partial charge is 0.306 e. The van der Waals surface area contributed by atoms with Crippen molar-refractivity contribution >= 4 is 5.97 Å². The molecular formula is C11H16N2O3. The van der Waals surface area contributed by atoms with Crippen molar-refractivity contribution < 1.29 is 15.0 Å². The fraction of sp³-hybridized carbons (Fsp3) is 0.455. The van der Waals surface area contributed by atoms with Crippen LogP contribution in [0.15, 0.2) is 18.3 Å². The third-order valence-corrected chi connectivity index (χ3v) is 2.20. The summed E-state index contributed by atoms with van der Waals surface area (Å²) < 4.78 is 0. The number of nitrogens with one attached hydrogen (secondary N) is 1. The first-order chi connectivity index (χ1) is 7.59. The highest BCUT2D eigenvalue weighted by atomic mass is 16.4. The molecule has 16 heavy (non-hydrogen) atoms. The number of rotatable bonds is 6. The molecule has 0 fully saturated rings. The van der Waals surface area contributed by atoms with Crippen molar-refractivity contribution in [3.8, 4) is 0 Å². The van der Waals surface area contributed by atoms with E-state index in [1.54, 1.807) is 6.20 Å². The fourth-order valence-electron chi connectivity index (χ4n) is 1.33. The van der Waals surface area contributed by atoms with Crippen LogP contribution in [-0.2, 0) is 11.3 Å². The Labute approximate surface area is 94.1 Å². The van der Waals surface area contributed by atoms with E-state index in [9.17, 15) is 9.90 Å². The maximum absolute atomic E-state index is 10.3. The van der Waals surface area contributed by atoms with E-state index in [4.69, 9.17) is 5.11 Å². The van der Waals surface area contributed by atoms with E-state index in [1.165, 1.54) is 0 Å². The minimum atomic E-state index is -0.997. The van der Waals surface area contributed by atoms with Crippen LogP contribution in [0.5, 0.6) is 0 Å². The van der Waals surface area contributed by atoms with E-state index in [1.807, 2.05) is 19.1 Å². The summed E-state index contributed by atoms with van der Waals surface area (Å²) >= 11 is 0. The number of aromatic nitrogens is 1. The van der Waals surface area contributed by atoms with E-state index < -0.39 is 12.1 Å². The molecule has 0 saturated heterocycles. The Morgan fingerprint density at radius 2 is 2.38 bits per heavy atom. The van der Waals surface area contributed by atoms with Crippen LogP contribution in [-0.4, -0.2) is 33.8 Å². The molecule has 1 unspecified atom stereocenters. The third kappa shape index (κ3) is 4.37. The summed E-state index contributed by atoms with van der Waals surface area (Å²) in [4.78, 5) is 14.5. The second-order valence-corrected chi connectivity index (χ2v) is 3.65. The number of aryl methyl sites for hydroxylation is 1. The summed E-state index contributed by atoms with van der Waals surface area (Å²) in [6.07, 6.45) is 0.604. The second-order valence-electron chi connectivity index (χ2n) is 3.65. The molecule has 0 amide bonds. The van der Waals surface area contributed by atoms with Gasteiger partial charge in [-0.15, -0.1) is 0 Å². The number of aliphatic carboxylic acids is 1. The number of carbonyl (C=O) groups is 1. The monoisotopic (exact) mass is 224 g/mol. The van der Waals surface area contributed by atoms with Crippen LogP contribution in [0, 0.1) is 6.92 Å². The summed E-state index contributed by atoms with van der Waals surface area (Å²) in [5.41, 5.74) is 1.98. The third-order valence-electron chi connectivity index (χ3n) is 2.20.